The number of benzene rings is 1. The first-order valence-corrected chi connectivity index (χ1v) is 5.24. The summed E-state index contributed by atoms with van der Waals surface area (Å²) in [5.41, 5.74) is 6.11. The van der Waals surface area contributed by atoms with E-state index in [9.17, 15) is 4.79 Å². The van der Waals surface area contributed by atoms with E-state index in [-0.39, 0.29) is 4.99 Å². The molecule has 0 aliphatic heterocycles. The molecule has 0 fully saturated rings. The summed E-state index contributed by atoms with van der Waals surface area (Å²) >= 11 is 4.83. The maximum Gasteiger partial charge on any atom is 0.344 e. The van der Waals surface area contributed by atoms with Crippen molar-refractivity contribution in [1.82, 2.24) is 0 Å². The zero-order valence-electron chi connectivity index (χ0n) is 9.47. The topological polar surface area (TPSA) is 81.8 Å². The van der Waals surface area contributed by atoms with Crippen LogP contribution in [0.15, 0.2) is 18.2 Å². The van der Waals surface area contributed by atoms with E-state index in [1.54, 1.807) is 18.2 Å². The number of hydrogen-bond acceptors (Lipinski definition) is 4. The fourth-order valence-electron chi connectivity index (χ4n) is 1.16. The summed E-state index contributed by atoms with van der Waals surface area (Å²) in [6.45, 7) is 1.43. The lowest BCUT2D eigenvalue weighted by molar-refractivity contribution is -0.144. The van der Waals surface area contributed by atoms with Crippen molar-refractivity contribution >= 4 is 23.2 Å². The standard InChI is InChI=1S/C11H13NO4S/c1-6(11(13)14)16-8-4-3-7(10(12)17)5-9(8)15-2/h3-6H,1-2H3,(H2,12,17)(H,13,14). The third-order valence-corrected chi connectivity index (χ3v) is 2.34. The molecule has 1 aromatic carbocycles. The van der Waals surface area contributed by atoms with E-state index in [1.807, 2.05) is 0 Å². The molecular formula is C11H13NO4S. The number of methoxy groups -OCH3 is 1. The maximum absolute atomic E-state index is 10.7. The highest BCUT2D eigenvalue weighted by molar-refractivity contribution is 7.80. The molecule has 1 rings (SSSR count). The van der Waals surface area contributed by atoms with E-state index in [4.69, 9.17) is 32.5 Å². The zero-order valence-corrected chi connectivity index (χ0v) is 10.3. The Hall–Kier alpha value is -1.82. The van der Waals surface area contributed by atoms with Gasteiger partial charge in [0.15, 0.2) is 17.6 Å². The van der Waals surface area contributed by atoms with E-state index in [0.717, 1.165) is 0 Å². The van der Waals surface area contributed by atoms with Crippen LogP contribution < -0.4 is 15.2 Å². The molecule has 0 aliphatic rings. The van der Waals surface area contributed by atoms with Gasteiger partial charge >= 0.3 is 5.97 Å². The lowest BCUT2D eigenvalue weighted by Crippen LogP contribution is -2.23. The van der Waals surface area contributed by atoms with Crippen LogP contribution in [0.25, 0.3) is 0 Å². The van der Waals surface area contributed by atoms with Gasteiger partial charge < -0.3 is 20.3 Å². The van der Waals surface area contributed by atoms with Crippen molar-refractivity contribution in [2.75, 3.05) is 7.11 Å². The predicted molar refractivity (Wildman–Crippen MR) is 66.6 cm³/mol. The van der Waals surface area contributed by atoms with Crippen LogP contribution in [0.2, 0.25) is 0 Å². The number of nitrogens with two attached hydrogens (primary N) is 1. The molecular weight excluding hydrogens is 242 g/mol. The summed E-state index contributed by atoms with van der Waals surface area (Å²) in [6.07, 6.45) is -0.959. The van der Waals surface area contributed by atoms with E-state index < -0.39 is 12.1 Å². The Labute approximate surface area is 104 Å². The third-order valence-electron chi connectivity index (χ3n) is 2.10. The molecule has 1 unspecified atom stereocenters. The normalized spacial score (nSPS) is 11.6. The monoisotopic (exact) mass is 255 g/mol. The minimum atomic E-state index is -1.05. The van der Waals surface area contributed by atoms with E-state index in [0.29, 0.717) is 17.1 Å². The summed E-state index contributed by atoms with van der Waals surface area (Å²) in [4.78, 5) is 10.9. The molecule has 1 atom stereocenters. The number of carboxylic acids is 1. The average molecular weight is 255 g/mol. The molecule has 92 valence electrons. The van der Waals surface area contributed by atoms with Crippen LogP contribution in [-0.2, 0) is 4.79 Å². The van der Waals surface area contributed by atoms with Gasteiger partial charge in [-0.3, -0.25) is 0 Å². The van der Waals surface area contributed by atoms with Gasteiger partial charge in [-0.1, -0.05) is 12.2 Å². The van der Waals surface area contributed by atoms with E-state index in [2.05, 4.69) is 0 Å². The minimum absolute atomic E-state index is 0.237. The van der Waals surface area contributed by atoms with Crippen LogP contribution in [0.4, 0.5) is 0 Å². The zero-order chi connectivity index (χ0) is 13.0. The largest absolute Gasteiger partial charge is 0.493 e. The molecule has 0 aromatic heterocycles. The van der Waals surface area contributed by atoms with Crippen LogP contribution in [0.5, 0.6) is 11.5 Å². The first kappa shape index (κ1) is 13.2. The summed E-state index contributed by atoms with van der Waals surface area (Å²) < 4.78 is 10.3. The fraction of sp³-hybridized carbons (Fsp3) is 0.273. The van der Waals surface area contributed by atoms with Gasteiger partial charge in [0.2, 0.25) is 0 Å². The summed E-state index contributed by atoms with van der Waals surface area (Å²) in [5.74, 6) is -0.323. The van der Waals surface area contributed by atoms with Gasteiger partial charge in [0.05, 0.1) is 7.11 Å². The highest BCUT2D eigenvalue weighted by Crippen LogP contribution is 2.28. The first-order chi connectivity index (χ1) is 7.95. The number of carbonyl (C=O) groups is 1. The van der Waals surface area contributed by atoms with Crippen molar-refractivity contribution in [3.8, 4) is 11.5 Å². The molecule has 0 bridgehead atoms. The van der Waals surface area contributed by atoms with Crippen molar-refractivity contribution in [2.24, 2.45) is 5.73 Å². The second kappa shape index (κ2) is 5.49. The average Bonchev–Trinajstić information content (AvgIpc) is 2.28. The van der Waals surface area contributed by atoms with Gasteiger partial charge in [-0.25, -0.2) is 4.79 Å². The molecule has 0 amide bonds. The van der Waals surface area contributed by atoms with Crippen LogP contribution >= 0.6 is 12.2 Å². The highest BCUT2D eigenvalue weighted by atomic mass is 32.1. The number of aliphatic carboxylic acids is 1. The molecule has 0 heterocycles. The Morgan fingerprint density at radius 1 is 1.47 bits per heavy atom. The summed E-state index contributed by atoms with van der Waals surface area (Å²) in [5, 5.41) is 8.74. The number of hydrogen-bond donors (Lipinski definition) is 2. The number of rotatable bonds is 5. The van der Waals surface area contributed by atoms with Crippen LogP contribution in [0.3, 0.4) is 0 Å². The number of ether oxygens (including phenoxy) is 2. The molecule has 0 saturated heterocycles. The SMILES string of the molecule is COc1cc(C(N)=S)ccc1OC(C)C(=O)O. The second-order valence-corrected chi connectivity index (χ2v) is 3.77. The lowest BCUT2D eigenvalue weighted by Gasteiger charge is -2.14. The maximum atomic E-state index is 10.7. The Bertz CT molecular complexity index is 447. The number of carboxylic acid groups (broad SMARTS) is 1. The van der Waals surface area contributed by atoms with Gasteiger partial charge in [0.25, 0.3) is 0 Å². The molecule has 0 saturated carbocycles. The quantitative estimate of drug-likeness (QED) is 0.769. The number of thiocarbonyl (C=S) groups is 1. The third kappa shape index (κ3) is 3.32. The Kier molecular flexibility index (Phi) is 4.28. The van der Waals surface area contributed by atoms with Crippen molar-refractivity contribution < 1.29 is 19.4 Å². The summed E-state index contributed by atoms with van der Waals surface area (Å²) in [7, 11) is 1.46. The lowest BCUT2D eigenvalue weighted by atomic mass is 10.2. The molecule has 1 aromatic rings. The molecule has 5 nitrogen and oxygen atoms in total. The van der Waals surface area contributed by atoms with Gasteiger partial charge in [-0.05, 0) is 25.1 Å². The Morgan fingerprint density at radius 3 is 2.59 bits per heavy atom. The smallest absolute Gasteiger partial charge is 0.344 e. The second-order valence-electron chi connectivity index (χ2n) is 3.33. The van der Waals surface area contributed by atoms with E-state index >= 15 is 0 Å². The van der Waals surface area contributed by atoms with Crippen LogP contribution in [0.1, 0.15) is 12.5 Å². The van der Waals surface area contributed by atoms with Gasteiger partial charge in [-0.15, -0.1) is 0 Å². The van der Waals surface area contributed by atoms with Crippen molar-refractivity contribution in [3.63, 3.8) is 0 Å². The summed E-state index contributed by atoms with van der Waals surface area (Å²) in [6, 6.07) is 4.83. The predicted octanol–water partition coefficient (Wildman–Crippen LogP) is 1.18. The minimum Gasteiger partial charge on any atom is -0.493 e. The molecule has 6 heteroatoms. The van der Waals surface area contributed by atoms with Crippen molar-refractivity contribution in [3.05, 3.63) is 23.8 Å². The Balaban J connectivity index is 3.00. The molecule has 0 aliphatic carbocycles. The van der Waals surface area contributed by atoms with E-state index in [1.165, 1.54) is 14.0 Å². The van der Waals surface area contributed by atoms with Crippen LogP contribution in [0, 0.1) is 0 Å². The molecule has 0 spiro atoms. The van der Waals surface area contributed by atoms with Gasteiger partial charge in [-0.2, -0.15) is 0 Å². The molecule has 0 radical (unpaired) electrons. The van der Waals surface area contributed by atoms with Crippen molar-refractivity contribution in [1.29, 1.82) is 0 Å². The first-order valence-electron chi connectivity index (χ1n) is 4.83. The van der Waals surface area contributed by atoms with Crippen LogP contribution in [-0.4, -0.2) is 29.3 Å². The fourth-order valence-corrected chi connectivity index (χ4v) is 1.29. The molecule has 3 N–H and O–H groups in total. The highest BCUT2D eigenvalue weighted by Gasteiger charge is 2.15. The van der Waals surface area contributed by atoms with Gasteiger partial charge in [0.1, 0.15) is 4.99 Å². The van der Waals surface area contributed by atoms with Gasteiger partial charge in [0, 0.05) is 5.56 Å². The molecule has 17 heavy (non-hydrogen) atoms. The Morgan fingerprint density at radius 2 is 2.12 bits per heavy atom. The van der Waals surface area contributed by atoms with Crippen molar-refractivity contribution in [2.45, 2.75) is 13.0 Å².